The van der Waals surface area contributed by atoms with Crippen LogP contribution in [0.25, 0.3) is 17.0 Å². The average Bonchev–Trinajstić information content (AvgIpc) is 3.35. The Labute approximate surface area is 189 Å². The molecule has 0 N–H and O–H groups in total. The second-order valence-corrected chi connectivity index (χ2v) is 7.70. The number of Topliss-reactive ketones (excluding diaryl/α,β-unsaturated/α-hetero) is 1. The van der Waals surface area contributed by atoms with E-state index < -0.39 is 4.92 Å². The molecule has 0 bridgehead atoms. The molecule has 7 nitrogen and oxygen atoms in total. The van der Waals surface area contributed by atoms with Crippen LogP contribution in [0.1, 0.15) is 28.4 Å². The van der Waals surface area contributed by atoms with Crippen LogP contribution in [0.5, 0.6) is 11.5 Å². The highest BCUT2D eigenvalue weighted by molar-refractivity contribution is 6.15. The van der Waals surface area contributed by atoms with Crippen LogP contribution in [0.15, 0.2) is 78.7 Å². The molecule has 0 spiro atoms. The van der Waals surface area contributed by atoms with E-state index in [1.165, 1.54) is 12.1 Å². The number of allylic oxidation sites excluding steroid dienone is 1. The highest BCUT2D eigenvalue weighted by atomic mass is 16.6. The van der Waals surface area contributed by atoms with Crippen molar-refractivity contribution >= 4 is 28.4 Å². The normalized spacial score (nSPS) is 13.8. The first-order valence-corrected chi connectivity index (χ1v) is 10.6. The van der Waals surface area contributed by atoms with Crippen molar-refractivity contribution in [1.82, 2.24) is 4.57 Å². The molecular weight excluding hydrogens is 420 g/mol. The molecule has 0 saturated heterocycles. The Hall–Kier alpha value is -4.39. The van der Waals surface area contributed by atoms with E-state index in [2.05, 4.69) is 17.6 Å². The molecule has 33 heavy (non-hydrogen) atoms. The average molecular weight is 440 g/mol. The summed E-state index contributed by atoms with van der Waals surface area (Å²) in [5.74, 6) is 1.10. The number of para-hydroxylation sites is 1. The second kappa shape index (κ2) is 8.27. The molecule has 0 saturated carbocycles. The lowest BCUT2D eigenvalue weighted by molar-refractivity contribution is -0.384. The van der Waals surface area contributed by atoms with Crippen molar-refractivity contribution < 1.29 is 19.2 Å². The lowest BCUT2D eigenvalue weighted by atomic mass is 10.1. The molecule has 0 aliphatic carbocycles. The van der Waals surface area contributed by atoms with Gasteiger partial charge < -0.3 is 14.0 Å². The van der Waals surface area contributed by atoms with Crippen molar-refractivity contribution in [3.8, 4) is 11.5 Å². The second-order valence-electron chi connectivity index (χ2n) is 7.70. The zero-order valence-electron chi connectivity index (χ0n) is 17.9. The van der Waals surface area contributed by atoms with Crippen molar-refractivity contribution in [1.29, 1.82) is 0 Å². The summed E-state index contributed by atoms with van der Waals surface area (Å²) in [4.78, 5) is 23.2. The Morgan fingerprint density at radius 2 is 1.88 bits per heavy atom. The number of nitro benzene ring substituents is 1. The summed E-state index contributed by atoms with van der Waals surface area (Å²) in [5.41, 5.74) is 3.36. The molecule has 3 aromatic carbocycles. The number of ketones is 1. The van der Waals surface area contributed by atoms with Crippen LogP contribution < -0.4 is 9.47 Å². The lowest BCUT2D eigenvalue weighted by Crippen LogP contribution is -1.98. The number of hydrogen-bond donors (Lipinski definition) is 0. The number of hydrogen-bond acceptors (Lipinski definition) is 5. The van der Waals surface area contributed by atoms with E-state index in [0.29, 0.717) is 17.1 Å². The van der Waals surface area contributed by atoms with Crippen LogP contribution in [0.2, 0.25) is 0 Å². The summed E-state index contributed by atoms with van der Waals surface area (Å²) < 4.78 is 13.8. The van der Waals surface area contributed by atoms with E-state index in [0.717, 1.165) is 28.6 Å². The summed E-state index contributed by atoms with van der Waals surface area (Å²) in [7, 11) is 0. The summed E-state index contributed by atoms with van der Waals surface area (Å²) in [5, 5.41) is 11.8. The van der Waals surface area contributed by atoms with Gasteiger partial charge in [0.2, 0.25) is 5.78 Å². The number of carbonyl (C=O) groups excluding carboxylic acids is 1. The van der Waals surface area contributed by atoms with Gasteiger partial charge in [-0.25, -0.2) is 0 Å². The lowest BCUT2D eigenvalue weighted by Gasteiger charge is -2.07. The third kappa shape index (κ3) is 3.85. The highest BCUT2D eigenvalue weighted by Crippen LogP contribution is 2.36. The molecule has 2 heterocycles. The molecular formula is C26H20N2O5. The number of aryl methyl sites for hydroxylation is 1. The zero-order valence-corrected chi connectivity index (χ0v) is 17.9. The molecule has 164 valence electrons. The molecule has 0 amide bonds. The zero-order chi connectivity index (χ0) is 22.9. The van der Waals surface area contributed by atoms with Crippen molar-refractivity contribution in [2.24, 2.45) is 0 Å². The largest absolute Gasteiger partial charge is 0.489 e. The third-order valence-corrected chi connectivity index (χ3v) is 5.64. The Morgan fingerprint density at radius 1 is 1.09 bits per heavy atom. The van der Waals surface area contributed by atoms with Crippen LogP contribution in [0, 0.1) is 10.1 Å². The minimum Gasteiger partial charge on any atom is -0.489 e. The van der Waals surface area contributed by atoms with Gasteiger partial charge in [0.1, 0.15) is 18.1 Å². The van der Waals surface area contributed by atoms with Gasteiger partial charge in [-0.05, 0) is 48.9 Å². The molecule has 4 aromatic rings. The predicted octanol–water partition coefficient (Wildman–Crippen LogP) is 5.76. The van der Waals surface area contributed by atoms with Crippen molar-refractivity contribution in [2.75, 3.05) is 0 Å². The van der Waals surface area contributed by atoms with Crippen molar-refractivity contribution in [3.63, 3.8) is 0 Å². The van der Waals surface area contributed by atoms with Gasteiger partial charge in [0.25, 0.3) is 5.69 Å². The number of benzene rings is 3. The Balaban J connectivity index is 1.35. The van der Waals surface area contributed by atoms with Gasteiger partial charge in [0.15, 0.2) is 5.76 Å². The number of nitro groups is 1. The maximum absolute atomic E-state index is 12.9. The molecule has 5 rings (SSSR count). The summed E-state index contributed by atoms with van der Waals surface area (Å²) in [6.07, 6.45) is 3.81. The van der Waals surface area contributed by atoms with Crippen LogP contribution in [0.3, 0.4) is 0 Å². The molecule has 0 atom stereocenters. The van der Waals surface area contributed by atoms with Crippen LogP contribution in [-0.2, 0) is 13.2 Å². The number of carbonyl (C=O) groups is 1. The molecule has 1 aromatic heterocycles. The minimum absolute atomic E-state index is 0.0320. The Morgan fingerprint density at radius 3 is 2.64 bits per heavy atom. The fourth-order valence-corrected chi connectivity index (χ4v) is 3.93. The van der Waals surface area contributed by atoms with Gasteiger partial charge in [0, 0.05) is 47.4 Å². The number of ether oxygens (including phenoxy) is 2. The topological polar surface area (TPSA) is 83.6 Å². The maximum atomic E-state index is 12.9. The maximum Gasteiger partial charge on any atom is 0.269 e. The van der Waals surface area contributed by atoms with Gasteiger partial charge in [-0.2, -0.15) is 0 Å². The van der Waals surface area contributed by atoms with Crippen LogP contribution >= 0.6 is 0 Å². The van der Waals surface area contributed by atoms with Gasteiger partial charge in [-0.15, -0.1) is 0 Å². The molecule has 0 fully saturated rings. The highest BCUT2D eigenvalue weighted by Gasteiger charge is 2.28. The molecule has 7 heteroatoms. The monoisotopic (exact) mass is 440 g/mol. The molecule has 1 aliphatic heterocycles. The summed E-state index contributed by atoms with van der Waals surface area (Å²) in [6.45, 7) is 3.15. The quantitative estimate of drug-likeness (QED) is 0.216. The Bertz CT molecular complexity index is 1420. The Kier molecular flexibility index (Phi) is 5.14. The molecule has 1 aliphatic rings. The number of nitrogens with zero attached hydrogens (tertiary/aromatic N) is 2. The summed E-state index contributed by atoms with van der Waals surface area (Å²) in [6, 6.07) is 19.3. The first kappa shape index (κ1) is 20.5. The van der Waals surface area contributed by atoms with E-state index in [4.69, 9.17) is 9.47 Å². The number of aromatic nitrogens is 1. The van der Waals surface area contributed by atoms with Gasteiger partial charge in [0.05, 0.1) is 10.5 Å². The van der Waals surface area contributed by atoms with E-state index in [1.54, 1.807) is 36.4 Å². The first-order chi connectivity index (χ1) is 16.0. The third-order valence-electron chi connectivity index (χ3n) is 5.64. The number of fused-ring (bicyclic) bond motifs is 2. The SMILES string of the molecule is CCn1cc(/C=C2\Oc3cc(OCc4ccc([N+](=O)[O-])cc4)ccc3C2=O)c2ccccc21. The summed E-state index contributed by atoms with van der Waals surface area (Å²) >= 11 is 0. The van der Waals surface area contributed by atoms with E-state index >= 15 is 0 Å². The van der Waals surface area contributed by atoms with E-state index in [1.807, 2.05) is 24.4 Å². The van der Waals surface area contributed by atoms with E-state index in [9.17, 15) is 14.9 Å². The predicted molar refractivity (Wildman–Crippen MR) is 124 cm³/mol. The van der Waals surface area contributed by atoms with Gasteiger partial charge in [-0.3, -0.25) is 14.9 Å². The smallest absolute Gasteiger partial charge is 0.269 e. The molecule has 0 unspecified atom stereocenters. The van der Waals surface area contributed by atoms with Gasteiger partial charge >= 0.3 is 0 Å². The van der Waals surface area contributed by atoms with Crippen molar-refractivity contribution in [3.05, 3.63) is 105 Å². The van der Waals surface area contributed by atoms with E-state index in [-0.39, 0.29) is 23.8 Å². The fourth-order valence-electron chi connectivity index (χ4n) is 3.93. The first-order valence-electron chi connectivity index (χ1n) is 10.6. The van der Waals surface area contributed by atoms with Crippen LogP contribution in [-0.4, -0.2) is 15.3 Å². The van der Waals surface area contributed by atoms with Crippen LogP contribution in [0.4, 0.5) is 5.69 Å². The van der Waals surface area contributed by atoms with Gasteiger partial charge in [-0.1, -0.05) is 18.2 Å². The fraction of sp³-hybridized carbons (Fsp3) is 0.115. The standard InChI is InChI=1S/C26H20N2O5/c1-2-27-15-18(21-5-3-4-6-23(21)27)13-25-26(29)22-12-11-20(14-24(22)33-25)32-16-17-7-9-19(10-8-17)28(30)31/h3-15H,2,16H2,1H3/b25-13-. The molecule has 0 radical (unpaired) electrons. The van der Waals surface area contributed by atoms with Crippen molar-refractivity contribution in [2.45, 2.75) is 20.1 Å². The minimum atomic E-state index is -0.440. The number of rotatable bonds is 6. The number of non-ortho nitro benzene ring substituents is 1.